The first-order chi connectivity index (χ1) is 9.56. The molecule has 0 heterocycles. The van der Waals surface area contributed by atoms with Gasteiger partial charge in [-0.15, -0.1) is 0 Å². The molecule has 1 N–H and O–H groups in total. The maximum atomic E-state index is 12.1. The third-order valence-electron chi connectivity index (χ3n) is 2.73. The Bertz CT molecular complexity index is 403. The maximum absolute atomic E-state index is 12.1. The van der Waals surface area contributed by atoms with E-state index < -0.39 is 0 Å². The highest BCUT2D eigenvalue weighted by atomic mass is 35.5. The van der Waals surface area contributed by atoms with Crippen molar-refractivity contribution in [2.75, 3.05) is 13.1 Å². The largest absolute Gasteiger partial charge is 0.471 e. The zero-order valence-corrected chi connectivity index (χ0v) is 13.1. The number of nitrogens with one attached hydrogen (secondary N) is 1. The zero-order chi connectivity index (χ0) is 15.0. The summed E-state index contributed by atoms with van der Waals surface area (Å²) in [6, 6.07) is 6.98. The molecule has 0 fully saturated rings. The Balaban J connectivity index is 2.49. The highest BCUT2D eigenvalue weighted by molar-refractivity contribution is 6.30. The number of carbonyl (C=O) groups excluding carboxylic acids is 1. The first-order valence-corrected chi connectivity index (χ1v) is 7.42. The summed E-state index contributed by atoms with van der Waals surface area (Å²) in [5.74, 6) is 0.680. The number of urea groups is 1. The monoisotopic (exact) mass is 298 g/mol. The van der Waals surface area contributed by atoms with Crippen molar-refractivity contribution in [1.29, 1.82) is 0 Å². The van der Waals surface area contributed by atoms with E-state index in [0.29, 0.717) is 10.8 Å². The number of rotatable bonds is 7. The van der Waals surface area contributed by atoms with Crippen molar-refractivity contribution in [3.05, 3.63) is 29.3 Å². The van der Waals surface area contributed by atoms with E-state index in [0.717, 1.165) is 25.9 Å². The van der Waals surface area contributed by atoms with Gasteiger partial charge in [0.15, 0.2) is 6.23 Å². The summed E-state index contributed by atoms with van der Waals surface area (Å²) in [5.41, 5.74) is 0. The van der Waals surface area contributed by atoms with Gasteiger partial charge < -0.3 is 15.0 Å². The molecule has 1 aromatic rings. The second-order valence-corrected chi connectivity index (χ2v) is 5.09. The third-order valence-corrected chi connectivity index (χ3v) is 2.98. The van der Waals surface area contributed by atoms with Gasteiger partial charge in [0, 0.05) is 18.1 Å². The van der Waals surface area contributed by atoms with Gasteiger partial charge in [-0.05, 0) is 44.0 Å². The molecule has 0 aliphatic heterocycles. The van der Waals surface area contributed by atoms with Crippen LogP contribution in [0.4, 0.5) is 4.79 Å². The second-order valence-electron chi connectivity index (χ2n) is 4.65. The Kier molecular flexibility index (Phi) is 7.23. The van der Waals surface area contributed by atoms with Crippen LogP contribution in [0.15, 0.2) is 24.3 Å². The number of carbonyl (C=O) groups is 1. The Hall–Kier alpha value is -1.42. The molecule has 2 amide bonds. The van der Waals surface area contributed by atoms with Gasteiger partial charge in [0.25, 0.3) is 0 Å². The van der Waals surface area contributed by atoms with E-state index in [2.05, 4.69) is 19.2 Å². The number of hydrogen-bond acceptors (Lipinski definition) is 2. The summed E-state index contributed by atoms with van der Waals surface area (Å²) in [5, 5.41) is 3.50. The second kappa shape index (κ2) is 8.69. The predicted octanol–water partition coefficient (Wildman–Crippen LogP) is 3.90. The van der Waals surface area contributed by atoms with Gasteiger partial charge in [0.1, 0.15) is 5.75 Å². The summed E-state index contributed by atoms with van der Waals surface area (Å²) in [6.45, 7) is 7.44. The molecule has 0 saturated heterocycles. The van der Waals surface area contributed by atoms with Crippen LogP contribution in [0.3, 0.4) is 0 Å². The lowest BCUT2D eigenvalue weighted by atomic mass is 10.3. The Morgan fingerprint density at radius 2 is 1.80 bits per heavy atom. The molecule has 0 radical (unpaired) electrons. The van der Waals surface area contributed by atoms with E-state index >= 15 is 0 Å². The maximum Gasteiger partial charge on any atom is 0.320 e. The Morgan fingerprint density at radius 3 is 2.30 bits per heavy atom. The molecule has 0 aliphatic rings. The molecule has 20 heavy (non-hydrogen) atoms. The molecular formula is C15H23ClN2O2. The first-order valence-electron chi connectivity index (χ1n) is 7.04. The molecule has 1 atom stereocenters. The van der Waals surface area contributed by atoms with Crippen molar-refractivity contribution >= 4 is 17.6 Å². The molecular weight excluding hydrogens is 276 g/mol. The highest BCUT2D eigenvalue weighted by Gasteiger charge is 2.14. The van der Waals surface area contributed by atoms with E-state index in [1.165, 1.54) is 0 Å². The summed E-state index contributed by atoms with van der Waals surface area (Å²) >= 11 is 5.81. The van der Waals surface area contributed by atoms with Gasteiger partial charge >= 0.3 is 6.03 Å². The third kappa shape index (κ3) is 5.70. The standard InChI is InChI=1S/C15H23ClN2O2/c1-4-10-18(11-5-2)15(19)17-12(3)20-14-8-6-13(16)7-9-14/h6-9,12H,4-5,10-11H2,1-3H3,(H,17,19). The summed E-state index contributed by atoms with van der Waals surface area (Å²) < 4.78 is 5.63. The van der Waals surface area contributed by atoms with Crippen molar-refractivity contribution in [1.82, 2.24) is 10.2 Å². The summed E-state index contributed by atoms with van der Waals surface area (Å²) in [6.07, 6.45) is 1.50. The lowest BCUT2D eigenvalue weighted by Crippen LogP contribution is -2.46. The smallest absolute Gasteiger partial charge is 0.320 e. The quantitative estimate of drug-likeness (QED) is 0.776. The van der Waals surface area contributed by atoms with E-state index in [4.69, 9.17) is 16.3 Å². The SMILES string of the molecule is CCCN(CCC)C(=O)NC(C)Oc1ccc(Cl)cc1. The van der Waals surface area contributed by atoms with Crippen molar-refractivity contribution in [3.63, 3.8) is 0 Å². The van der Waals surface area contributed by atoms with E-state index in [-0.39, 0.29) is 12.3 Å². The predicted molar refractivity (Wildman–Crippen MR) is 82.2 cm³/mol. The molecule has 1 rings (SSSR count). The number of ether oxygens (including phenoxy) is 1. The lowest BCUT2D eigenvalue weighted by Gasteiger charge is -2.24. The fourth-order valence-corrected chi connectivity index (χ4v) is 1.99. The van der Waals surface area contributed by atoms with Gasteiger partial charge in [0.05, 0.1) is 0 Å². The number of amides is 2. The molecule has 5 heteroatoms. The van der Waals surface area contributed by atoms with Gasteiger partial charge in [-0.2, -0.15) is 0 Å². The molecule has 0 aromatic heterocycles. The molecule has 0 saturated carbocycles. The average Bonchev–Trinajstić information content (AvgIpc) is 2.41. The van der Waals surface area contributed by atoms with Crippen LogP contribution in [-0.2, 0) is 0 Å². The summed E-state index contributed by atoms with van der Waals surface area (Å²) in [7, 11) is 0. The van der Waals surface area contributed by atoms with Crippen LogP contribution in [0.25, 0.3) is 0 Å². The molecule has 0 bridgehead atoms. The number of nitrogens with zero attached hydrogens (tertiary/aromatic N) is 1. The van der Waals surface area contributed by atoms with Crippen molar-refractivity contribution in [2.24, 2.45) is 0 Å². The molecule has 1 unspecified atom stereocenters. The van der Waals surface area contributed by atoms with Gasteiger partial charge in [-0.1, -0.05) is 25.4 Å². The topological polar surface area (TPSA) is 41.6 Å². The minimum Gasteiger partial charge on any atom is -0.471 e. The van der Waals surface area contributed by atoms with Crippen molar-refractivity contribution in [2.45, 2.75) is 39.8 Å². The number of benzene rings is 1. The zero-order valence-electron chi connectivity index (χ0n) is 12.4. The van der Waals surface area contributed by atoms with Gasteiger partial charge in [0.2, 0.25) is 0 Å². The van der Waals surface area contributed by atoms with Crippen molar-refractivity contribution in [3.8, 4) is 5.75 Å². The number of halogens is 1. The first kappa shape index (κ1) is 16.6. The molecule has 0 aliphatic carbocycles. The highest BCUT2D eigenvalue weighted by Crippen LogP contribution is 2.16. The summed E-state index contributed by atoms with van der Waals surface area (Å²) in [4.78, 5) is 13.9. The lowest BCUT2D eigenvalue weighted by molar-refractivity contribution is 0.153. The van der Waals surface area contributed by atoms with Crippen LogP contribution in [0.2, 0.25) is 5.02 Å². The van der Waals surface area contributed by atoms with Gasteiger partial charge in [-0.25, -0.2) is 4.79 Å². The van der Waals surface area contributed by atoms with Crippen LogP contribution in [0.5, 0.6) is 5.75 Å². The molecule has 0 spiro atoms. The molecule has 1 aromatic carbocycles. The normalized spacial score (nSPS) is 11.8. The van der Waals surface area contributed by atoms with Crippen LogP contribution in [0.1, 0.15) is 33.6 Å². The minimum atomic E-state index is -0.389. The number of hydrogen-bond donors (Lipinski definition) is 1. The fraction of sp³-hybridized carbons (Fsp3) is 0.533. The Morgan fingerprint density at radius 1 is 1.25 bits per heavy atom. The van der Waals surface area contributed by atoms with Gasteiger partial charge in [-0.3, -0.25) is 0 Å². The van der Waals surface area contributed by atoms with Crippen LogP contribution < -0.4 is 10.1 Å². The van der Waals surface area contributed by atoms with Crippen LogP contribution >= 0.6 is 11.6 Å². The average molecular weight is 299 g/mol. The van der Waals surface area contributed by atoms with E-state index in [9.17, 15) is 4.79 Å². The van der Waals surface area contributed by atoms with Crippen LogP contribution in [-0.4, -0.2) is 30.2 Å². The van der Waals surface area contributed by atoms with Crippen molar-refractivity contribution < 1.29 is 9.53 Å². The van der Waals surface area contributed by atoms with E-state index in [1.807, 2.05) is 11.8 Å². The van der Waals surface area contributed by atoms with Crippen LogP contribution in [0, 0.1) is 0 Å². The molecule has 4 nitrogen and oxygen atoms in total. The van der Waals surface area contributed by atoms with E-state index in [1.54, 1.807) is 24.3 Å². The Labute approximate surface area is 126 Å². The fourth-order valence-electron chi connectivity index (χ4n) is 1.87. The molecule has 112 valence electrons. The minimum absolute atomic E-state index is 0.0878.